The summed E-state index contributed by atoms with van der Waals surface area (Å²) < 4.78 is 11.4. The molecule has 2 amide bonds. The predicted octanol–water partition coefficient (Wildman–Crippen LogP) is 2.88. The summed E-state index contributed by atoms with van der Waals surface area (Å²) in [6, 6.07) is 5.33. The average Bonchev–Trinajstić information content (AvgIpc) is 2.67. The maximum Gasteiger partial charge on any atom is 0.262 e. The van der Waals surface area contributed by atoms with Gasteiger partial charge in [0.1, 0.15) is 5.75 Å². The van der Waals surface area contributed by atoms with E-state index >= 15 is 0 Å². The number of anilines is 1. The Kier molecular flexibility index (Phi) is 4.61. The minimum Gasteiger partial charge on any atom is -0.482 e. The molecule has 4 rings (SSSR count). The molecule has 140 valence electrons. The lowest BCUT2D eigenvalue weighted by Gasteiger charge is -2.57. The van der Waals surface area contributed by atoms with Crippen molar-refractivity contribution in [1.82, 2.24) is 5.32 Å². The number of carbonyl (C=O) groups excluding carboxylic acids is 2. The van der Waals surface area contributed by atoms with Gasteiger partial charge in [-0.2, -0.15) is 0 Å². The Morgan fingerprint density at radius 3 is 2.92 bits per heavy atom. The summed E-state index contributed by atoms with van der Waals surface area (Å²) in [6.07, 6.45) is 7.10. The second kappa shape index (κ2) is 6.91. The van der Waals surface area contributed by atoms with E-state index in [1.54, 1.807) is 18.2 Å². The molecule has 1 aliphatic heterocycles. The SMILES string of the molecule is CCOC1CC(NC(=O)c2ccc3c(c2)OCC(=O)N3)C12CCCCC2. The van der Waals surface area contributed by atoms with E-state index in [0.717, 1.165) is 25.9 Å². The highest BCUT2D eigenvalue weighted by Gasteiger charge is 2.56. The average molecular weight is 358 g/mol. The second-order valence-corrected chi connectivity index (χ2v) is 7.55. The zero-order valence-corrected chi connectivity index (χ0v) is 15.2. The van der Waals surface area contributed by atoms with Gasteiger partial charge in [-0.05, 0) is 44.4 Å². The molecule has 0 aromatic heterocycles. The van der Waals surface area contributed by atoms with Gasteiger partial charge in [-0.25, -0.2) is 0 Å². The van der Waals surface area contributed by atoms with Gasteiger partial charge in [0.2, 0.25) is 0 Å². The zero-order chi connectivity index (χ0) is 18.1. The number of ether oxygens (including phenoxy) is 2. The maximum atomic E-state index is 12.8. The third-order valence-electron chi connectivity index (χ3n) is 6.12. The molecule has 2 unspecified atom stereocenters. The summed E-state index contributed by atoms with van der Waals surface area (Å²) in [6.45, 7) is 2.75. The Morgan fingerprint density at radius 1 is 1.35 bits per heavy atom. The summed E-state index contributed by atoms with van der Waals surface area (Å²) in [4.78, 5) is 24.2. The highest BCUT2D eigenvalue weighted by atomic mass is 16.5. The molecule has 3 aliphatic rings. The van der Waals surface area contributed by atoms with Crippen molar-refractivity contribution in [2.75, 3.05) is 18.5 Å². The Labute approximate surface area is 153 Å². The Morgan fingerprint density at radius 2 is 2.15 bits per heavy atom. The minimum atomic E-state index is -0.176. The van der Waals surface area contributed by atoms with Crippen LogP contribution in [0.4, 0.5) is 5.69 Å². The molecule has 2 atom stereocenters. The second-order valence-electron chi connectivity index (χ2n) is 7.55. The molecule has 2 saturated carbocycles. The molecule has 1 heterocycles. The van der Waals surface area contributed by atoms with E-state index in [9.17, 15) is 9.59 Å². The summed E-state index contributed by atoms with van der Waals surface area (Å²) >= 11 is 0. The van der Waals surface area contributed by atoms with Crippen LogP contribution < -0.4 is 15.4 Å². The monoisotopic (exact) mass is 358 g/mol. The molecule has 6 nitrogen and oxygen atoms in total. The molecular weight excluding hydrogens is 332 g/mol. The van der Waals surface area contributed by atoms with Crippen LogP contribution in [0.3, 0.4) is 0 Å². The zero-order valence-electron chi connectivity index (χ0n) is 15.2. The first-order valence-electron chi connectivity index (χ1n) is 9.61. The lowest BCUT2D eigenvalue weighted by molar-refractivity contribution is -0.146. The summed E-state index contributed by atoms with van der Waals surface area (Å²) in [7, 11) is 0. The van der Waals surface area contributed by atoms with E-state index in [1.807, 2.05) is 6.92 Å². The van der Waals surface area contributed by atoms with Crippen molar-refractivity contribution in [2.24, 2.45) is 5.41 Å². The molecule has 0 saturated heterocycles. The van der Waals surface area contributed by atoms with E-state index < -0.39 is 0 Å². The quantitative estimate of drug-likeness (QED) is 0.868. The molecule has 0 radical (unpaired) electrons. The van der Waals surface area contributed by atoms with Crippen molar-refractivity contribution in [3.63, 3.8) is 0 Å². The van der Waals surface area contributed by atoms with E-state index in [2.05, 4.69) is 10.6 Å². The molecule has 1 aromatic carbocycles. The van der Waals surface area contributed by atoms with Crippen LogP contribution in [0.1, 0.15) is 55.8 Å². The maximum absolute atomic E-state index is 12.8. The molecule has 26 heavy (non-hydrogen) atoms. The Hall–Kier alpha value is -2.08. The number of hydrogen-bond acceptors (Lipinski definition) is 4. The van der Waals surface area contributed by atoms with E-state index in [0.29, 0.717) is 17.0 Å². The number of benzene rings is 1. The van der Waals surface area contributed by atoms with E-state index in [1.165, 1.54) is 19.3 Å². The molecule has 0 bridgehead atoms. The normalized spacial score (nSPS) is 26.3. The number of fused-ring (bicyclic) bond motifs is 1. The number of nitrogens with one attached hydrogen (secondary N) is 2. The van der Waals surface area contributed by atoms with Crippen molar-refractivity contribution in [2.45, 2.75) is 57.6 Å². The molecular formula is C20H26N2O4. The van der Waals surface area contributed by atoms with Crippen molar-refractivity contribution >= 4 is 17.5 Å². The summed E-state index contributed by atoms with van der Waals surface area (Å²) in [5.41, 5.74) is 1.27. The standard InChI is InChI=1S/C20H26N2O4/c1-2-25-17-11-16(20(17)8-4-3-5-9-20)22-19(24)13-6-7-14-15(10-13)26-12-18(23)21-14/h6-7,10,16-17H,2-5,8-9,11-12H2,1H3,(H,21,23)(H,22,24). The summed E-state index contributed by atoms with van der Waals surface area (Å²) in [5, 5.41) is 5.98. The molecule has 1 spiro atoms. The number of carbonyl (C=O) groups is 2. The van der Waals surface area contributed by atoms with Gasteiger partial charge in [0, 0.05) is 23.6 Å². The van der Waals surface area contributed by atoms with Crippen LogP contribution in [0.5, 0.6) is 5.75 Å². The fourth-order valence-corrected chi connectivity index (χ4v) is 4.72. The van der Waals surface area contributed by atoms with Crippen molar-refractivity contribution in [1.29, 1.82) is 0 Å². The third kappa shape index (κ3) is 2.96. The number of hydrogen-bond donors (Lipinski definition) is 2. The van der Waals surface area contributed by atoms with Crippen LogP contribution in [0.2, 0.25) is 0 Å². The first-order chi connectivity index (χ1) is 12.6. The lowest BCUT2D eigenvalue weighted by atomic mass is 9.55. The van der Waals surface area contributed by atoms with Gasteiger partial charge in [-0.1, -0.05) is 19.3 Å². The van der Waals surface area contributed by atoms with Gasteiger partial charge in [0.05, 0.1) is 11.8 Å². The molecule has 2 N–H and O–H groups in total. The fourth-order valence-electron chi connectivity index (χ4n) is 4.72. The van der Waals surface area contributed by atoms with Crippen molar-refractivity contribution in [3.8, 4) is 5.75 Å². The number of rotatable bonds is 4. The van der Waals surface area contributed by atoms with E-state index in [4.69, 9.17) is 9.47 Å². The van der Waals surface area contributed by atoms with Gasteiger partial charge >= 0.3 is 0 Å². The van der Waals surface area contributed by atoms with E-state index in [-0.39, 0.29) is 36.0 Å². The van der Waals surface area contributed by atoms with Gasteiger partial charge in [0.25, 0.3) is 11.8 Å². The Balaban J connectivity index is 1.47. The topological polar surface area (TPSA) is 76.7 Å². The molecule has 2 aliphatic carbocycles. The number of amides is 2. The highest BCUT2D eigenvalue weighted by Crippen LogP contribution is 2.53. The molecule has 2 fully saturated rings. The Bertz CT molecular complexity index is 712. The van der Waals surface area contributed by atoms with Crippen LogP contribution >= 0.6 is 0 Å². The minimum absolute atomic E-state index is 0.0140. The smallest absolute Gasteiger partial charge is 0.262 e. The summed E-state index contributed by atoms with van der Waals surface area (Å²) in [5.74, 6) is 0.286. The van der Waals surface area contributed by atoms with Gasteiger partial charge in [-0.15, -0.1) is 0 Å². The van der Waals surface area contributed by atoms with Crippen LogP contribution in [-0.4, -0.2) is 37.2 Å². The van der Waals surface area contributed by atoms with Crippen LogP contribution in [0, 0.1) is 5.41 Å². The first kappa shape index (κ1) is 17.3. The van der Waals surface area contributed by atoms with Crippen molar-refractivity contribution < 1.29 is 19.1 Å². The van der Waals surface area contributed by atoms with Crippen LogP contribution in [0.25, 0.3) is 0 Å². The molecule has 1 aromatic rings. The molecule has 6 heteroatoms. The highest BCUT2D eigenvalue weighted by molar-refractivity contribution is 5.99. The largest absolute Gasteiger partial charge is 0.482 e. The van der Waals surface area contributed by atoms with Gasteiger partial charge < -0.3 is 20.1 Å². The lowest BCUT2D eigenvalue weighted by Crippen LogP contribution is -2.65. The van der Waals surface area contributed by atoms with Crippen LogP contribution in [-0.2, 0) is 9.53 Å². The first-order valence-corrected chi connectivity index (χ1v) is 9.61. The van der Waals surface area contributed by atoms with Crippen LogP contribution in [0.15, 0.2) is 18.2 Å². The fraction of sp³-hybridized carbons (Fsp3) is 0.600. The third-order valence-corrected chi connectivity index (χ3v) is 6.12. The van der Waals surface area contributed by atoms with Crippen molar-refractivity contribution in [3.05, 3.63) is 23.8 Å². The predicted molar refractivity (Wildman–Crippen MR) is 97.4 cm³/mol. The van der Waals surface area contributed by atoms with Gasteiger partial charge in [0.15, 0.2) is 6.61 Å². The van der Waals surface area contributed by atoms with Gasteiger partial charge in [-0.3, -0.25) is 9.59 Å².